The van der Waals surface area contributed by atoms with E-state index >= 15 is 0 Å². The first-order valence-electron chi connectivity index (χ1n) is 4.65. The summed E-state index contributed by atoms with van der Waals surface area (Å²) < 4.78 is 0. The minimum absolute atomic E-state index is 0.797. The summed E-state index contributed by atoms with van der Waals surface area (Å²) in [6.07, 6.45) is 0. The normalized spacial score (nSPS) is 9.69. The van der Waals surface area contributed by atoms with Crippen LogP contribution in [-0.4, -0.2) is 13.1 Å². The third-order valence-electron chi connectivity index (χ3n) is 1.84. The molecule has 0 saturated heterocycles. The Morgan fingerprint density at radius 3 is 1.92 bits per heavy atom. The van der Waals surface area contributed by atoms with Crippen molar-refractivity contribution in [3.63, 3.8) is 0 Å². The Kier molecular flexibility index (Phi) is 3.43. The zero-order valence-electron chi connectivity index (χ0n) is 8.22. The second-order valence-electron chi connectivity index (χ2n) is 2.83. The molecule has 0 bridgehead atoms. The molecule has 3 heteroatoms. The van der Waals surface area contributed by atoms with Crippen LogP contribution in [0, 0.1) is 0 Å². The topological polar surface area (TPSA) is 50.1 Å². The van der Waals surface area contributed by atoms with Crippen molar-refractivity contribution in [1.29, 1.82) is 0 Å². The molecule has 0 heterocycles. The van der Waals surface area contributed by atoms with Crippen LogP contribution in [-0.2, 0) is 0 Å². The van der Waals surface area contributed by atoms with Crippen LogP contribution in [0.5, 0.6) is 0 Å². The fraction of sp³-hybridized carbons (Fsp3) is 0.400. The average molecular weight is 179 g/mol. The minimum Gasteiger partial charge on any atom is -0.395 e. The predicted molar refractivity (Wildman–Crippen MR) is 59.2 cm³/mol. The Morgan fingerprint density at radius 2 is 1.54 bits per heavy atom. The van der Waals surface area contributed by atoms with Crippen molar-refractivity contribution < 1.29 is 0 Å². The molecule has 3 nitrogen and oxygen atoms in total. The minimum atomic E-state index is 0.797. The van der Waals surface area contributed by atoms with Crippen molar-refractivity contribution in [1.82, 2.24) is 0 Å². The van der Waals surface area contributed by atoms with Gasteiger partial charge in [-0.25, -0.2) is 0 Å². The molecule has 0 saturated carbocycles. The second kappa shape index (κ2) is 4.60. The van der Waals surface area contributed by atoms with Crippen LogP contribution in [0.3, 0.4) is 0 Å². The molecule has 1 rings (SSSR count). The lowest BCUT2D eigenvalue weighted by Crippen LogP contribution is -2.05. The van der Waals surface area contributed by atoms with Gasteiger partial charge in [0, 0.05) is 13.1 Å². The van der Waals surface area contributed by atoms with Crippen LogP contribution < -0.4 is 16.4 Å². The number of rotatable bonds is 4. The largest absolute Gasteiger partial charge is 0.395 e. The maximum absolute atomic E-state index is 5.93. The predicted octanol–water partition coefficient (Wildman–Crippen LogP) is 2.13. The molecular formula is C10H17N3. The number of anilines is 3. The number of hydrogen-bond donors (Lipinski definition) is 3. The Hall–Kier alpha value is -1.38. The highest BCUT2D eigenvalue weighted by atomic mass is 14.9. The molecule has 0 amide bonds. The first-order valence-corrected chi connectivity index (χ1v) is 4.65. The third-order valence-corrected chi connectivity index (χ3v) is 1.84. The van der Waals surface area contributed by atoms with Crippen LogP contribution in [0.25, 0.3) is 0 Å². The first kappa shape index (κ1) is 9.71. The fourth-order valence-corrected chi connectivity index (χ4v) is 1.25. The second-order valence-corrected chi connectivity index (χ2v) is 2.83. The maximum atomic E-state index is 5.93. The highest BCUT2D eigenvalue weighted by Gasteiger charge is 2.01. The number of para-hydroxylation sites is 1. The van der Waals surface area contributed by atoms with Crippen LogP contribution in [0.1, 0.15) is 13.8 Å². The highest BCUT2D eigenvalue weighted by molar-refractivity contribution is 5.80. The molecule has 0 radical (unpaired) electrons. The standard InChI is InChI=1S/C10H17N3/c1-3-12-8-6-5-7-9(10(8)11)13-4-2/h5-7,12-13H,3-4,11H2,1-2H3. The Morgan fingerprint density at radius 1 is 1.08 bits per heavy atom. The van der Waals surface area contributed by atoms with Gasteiger partial charge < -0.3 is 16.4 Å². The molecule has 72 valence electrons. The number of nitrogen functional groups attached to an aromatic ring is 1. The Bertz CT molecular complexity index is 247. The summed E-state index contributed by atoms with van der Waals surface area (Å²) in [7, 11) is 0. The van der Waals surface area contributed by atoms with Gasteiger partial charge in [0.1, 0.15) is 0 Å². The van der Waals surface area contributed by atoms with Gasteiger partial charge in [-0.15, -0.1) is 0 Å². The van der Waals surface area contributed by atoms with E-state index in [1.54, 1.807) is 0 Å². The van der Waals surface area contributed by atoms with E-state index in [2.05, 4.69) is 24.5 Å². The van der Waals surface area contributed by atoms with Crippen molar-refractivity contribution in [3.8, 4) is 0 Å². The van der Waals surface area contributed by atoms with Gasteiger partial charge in [0.2, 0.25) is 0 Å². The summed E-state index contributed by atoms with van der Waals surface area (Å²) in [6.45, 7) is 5.89. The summed E-state index contributed by atoms with van der Waals surface area (Å²) >= 11 is 0. The van der Waals surface area contributed by atoms with Gasteiger partial charge in [-0.1, -0.05) is 6.07 Å². The molecular weight excluding hydrogens is 162 g/mol. The highest BCUT2D eigenvalue weighted by Crippen LogP contribution is 2.26. The molecule has 0 atom stereocenters. The van der Waals surface area contributed by atoms with Gasteiger partial charge in [0.25, 0.3) is 0 Å². The lowest BCUT2D eigenvalue weighted by Gasteiger charge is -2.12. The molecule has 1 aromatic carbocycles. The van der Waals surface area contributed by atoms with E-state index < -0.39 is 0 Å². The van der Waals surface area contributed by atoms with E-state index in [4.69, 9.17) is 5.73 Å². The number of hydrogen-bond acceptors (Lipinski definition) is 3. The van der Waals surface area contributed by atoms with Gasteiger partial charge in [0.15, 0.2) is 0 Å². The van der Waals surface area contributed by atoms with Crippen molar-refractivity contribution in [2.24, 2.45) is 0 Å². The van der Waals surface area contributed by atoms with E-state index in [1.807, 2.05) is 18.2 Å². The summed E-state index contributed by atoms with van der Waals surface area (Å²) in [5, 5.41) is 6.42. The molecule has 0 spiro atoms. The average Bonchev–Trinajstić information content (AvgIpc) is 2.13. The van der Waals surface area contributed by atoms with Crippen LogP contribution in [0.4, 0.5) is 17.1 Å². The third kappa shape index (κ3) is 2.28. The molecule has 1 aromatic rings. The molecule has 0 aliphatic carbocycles. The number of nitrogens with one attached hydrogen (secondary N) is 2. The summed E-state index contributed by atoms with van der Waals surface area (Å²) in [6, 6.07) is 5.96. The van der Waals surface area contributed by atoms with E-state index in [1.165, 1.54) is 0 Å². The zero-order chi connectivity index (χ0) is 9.68. The lowest BCUT2D eigenvalue weighted by atomic mass is 10.2. The zero-order valence-corrected chi connectivity index (χ0v) is 8.22. The van der Waals surface area contributed by atoms with Gasteiger partial charge in [0.05, 0.1) is 17.1 Å². The molecule has 4 N–H and O–H groups in total. The van der Waals surface area contributed by atoms with Crippen molar-refractivity contribution in [2.75, 3.05) is 29.5 Å². The molecule has 0 fully saturated rings. The quantitative estimate of drug-likeness (QED) is 0.621. The number of nitrogens with two attached hydrogens (primary N) is 1. The van der Waals surface area contributed by atoms with Crippen LogP contribution >= 0.6 is 0 Å². The fourth-order valence-electron chi connectivity index (χ4n) is 1.25. The van der Waals surface area contributed by atoms with Crippen molar-refractivity contribution >= 4 is 17.1 Å². The Balaban J connectivity index is 2.89. The van der Waals surface area contributed by atoms with E-state index in [0.29, 0.717) is 0 Å². The molecule has 0 aromatic heterocycles. The van der Waals surface area contributed by atoms with E-state index in [9.17, 15) is 0 Å². The van der Waals surface area contributed by atoms with Crippen LogP contribution in [0.15, 0.2) is 18.2 Å². The van der Waals surface area contributed by atoms with Crippen molar-refractivity contribution in [2.45, 2.75) is 13.8 Å². The van der Waals surface area contributed by atoms with Gasteiger partial charge in [-0.3, -0.25) is 0 Å². The van der Waals surface area contributed by atoms with Crippen molar-refractivity contribution in [3.05, 3.63) is 18.2 Å². The molecule has 0 aliphatic rings. The van der Waals surface area contributed by atoms with E-state index in [0.717, 1.165) is 30.2 Å². The van der Waals surface area contributed by atoms with Crippen LogP contribution in [0.2, 0.25) is 0 Å². The molecule has 0 aliphatic heterocycles. The van der Waals surface area contributed by atoms with E-state index in [-0.39, 0.29) is 0 Å². The SMILES string of the molecule is CCNc1cccc(NCC)c1N. The molecule has 13 heavy (non-hydrogen) atoms. The first-order chi connectivity index (χ1) is 6.29. The maximum Gasteiger partial charge on any atom is 0.0785 e. The van der Waals surface area contributed by atoms with Gasteiger partial charge in [-0.2, -0.15) is 0 Å². The summed E-state index contributed by atoms with van der Waals surface area (Å²) in [5.74, 6) is 0. The smallest absolute Gasteiger partial charge is 0.0785 e. The lowest BCUT2D eigenvalue weighted by molar-refractivity contribution is 1.20. The van der Waals surface area contributed by atoms with Gasteiger partial charge >= 0.3 is 0 Å². The Labute approximate surface area is 79.3 Å². The number of benzene rings is 1. The molecule has 0 unspecified atom stereocenters. The summed E-state index contributed by atoms with van der Waals surface area (Å²) in [4.78, 5) is 0. The monoisotopic (exact) mass is 179 g/mol. The summed E-state index contributed by atoms with van der Waals surface area (Å²) in [5.41, 5.74) is 8.73. The van der Waals surface area contributed by atoms with Gasteiger partial charge in [-0.05, 0) is 26.0 Å².